The van der Waals surface area contributed by atoms with Crippen molar-refractivity contribution in [2.75, 3.05) is 6.61 Å². The summed E-state index contributed by atoms with van der Waals surface area (Å²) in [5, 5.41) is 17.2. The Morgan fingerprint density at radius 1 is 1.46 bits per heavy atom. The van der Waals surface area contributed by atoms with Crippen molar-refractivity contribution in [3.63, 3.8) is 0 Å². The van der Waals surface area contributed by atoms with Gasteiger partial charge in [-0.05, 0) is 24.1 Å². The third-order valence-electron chi connectivity index (χ3n) is 1.62. The minimum Gasteiger partial charge on any atom is -0.396 e. The summed E-state index contributed by atoms with van der Waals surface area (Å²) >= 11 is 0. The van der Waals surface area contributed by atoms with Crippen LogP contribution in [0.1, 0.15) is 17.5 Å². The molecule has 1 N–H and O–H groups in total. The minimum absolute atomic E-state index is 0.161. The van der Waals surface area contributed by atoms with E-state index in [1.54, 1.807) is 6.07 Å². The molecule has 1 aromatic carbocycles. The molecule has 0 bridgehead atoms. The number of hydrogen-bond acceptors (Lipinski definition) is 2. The van der Waals surface area contributed by atoms with Crippen LogP contribution in [0.5, 0.6) is 0 Å². The highest BCUT2D eigenvalue weighted by Crippen LogP contribution is 2.06. The summed E-state index contributed by atoms with van der Waals surface area (Å²) in [5.41, 5.74) is 1.65. The number of aliphatic hydroxyl groups is 1. The van der Waals surface area contributed by atoms with Gasteiger partial charge in [0.25, 0.3) is 0 Å². The molecule has 0 heterocycles. The number of hydrogen-bond donors (Lipinski definition) is 1. The van der Waals surface area contributed by atoms with Gasteiger partial charge in [-0.15, -0.1) is 0 Å². The third kappa shape index (κ3) is 3.10. The zero-order valence-corrected chi connectivity index (χ0v) is 7.27. The van der Waals surface area contributed by atoms with E-state index in [1.165, 1.54) is 0 Å². The van der Waals surface area contributed by atoms with E-state index in [4.69, 9.17) is 10.4 Å². The largest absolute Gasteiger partial charge is 0.396 e. The van der Waals surface area contributed by atoms with Gasteiger partial charge in [-0.25, -0.2) is 0 Å². The van der Waals surface area contributed by atoms with Crippen molar-refractivity contribution in [3.05, 3.63) is 41.5 Å². The Labute approximate surface area is 77.8 Å². The summed E-state index contributed by atoms with van der Waals surface area (Å²) in [7, 11) is 0. The highest BCUT2D eigenvalue weighted by molar-refractivity contribution is 5.52. The maximum atomic E-state index is 8.62. The van der Waals surface area contributed by atoms with Crippen molar-refractivity contribution in [1.82, 2.24) is 0 Å². The van der Waals surface area contributed by atoms with Crippen LogP contribution in [0.3, 0.4) is 0 Å². The van der Waals surface area contributed by atoms with Gasteiger partial charge in [0.2, 0.25) is 0 Å². The number of nitrogens with zero attached hydrogens (tertiary/aromatic N) is 1. The van der Waals surface area contributed by atoms with Crippen molar-refractivity contribution < 1.29 is 5.11 Å². The van der Waals surface area contributed by atoms with Crippen molar-refractivity contribution in [1.29, 1.82) is 5.26 Å². The Morgan fingerprint density at radius 3 is 3.00 bits per heavy atom. The first kappa shape index (κ1) is 9.50. The zero-order chi connectivity index (χ0) is 9.52. The molecule has 1 aromatic rings. The zero-order valence-electron chi connectivity index (χ0n) is 7.27. The highest BCUT2D eigenvalue weighted by atomic mass is 16.2. The maximum Gasteiger partial charge on any atom is 0.0991 e. The Kier molecular flexibility index (Phi) is 3.74. The lowest BCUT2D eigenvalue weighted by Gasteiger charge is -1.92. The molecule has 0 aliphatic carbocycles. The summed E-state index contributed by atoms with van der Waals surface area (Å²) < 4.78 is 0. The quantitative estimate of drug-likeness (QED) is 0.759. The summed E-state index contributed by atoms with van der Waals surface area (Å²) in [4.78, 5) is 0. The first-order valence-electron chi connectivity index (χ1n) is 4.14. The first-order valence-corrected chi connectivity index (χ1v) is 4.14. The molecule has 2 nitrogen and oxygen atoms in total. The van der Waals surface area contributed by atoms with Gasteiger partial charge in [0, 0.05) is 6.61 Å². The standard InChI is InChI=1S/C11H11NO/c12-9-11-6-3-5-10(8-11)4-1-2-7-13/h1,3-6,8,13H,2,7H2. The van der Waals surface area contributed by atoms with Gasteiger partial charge in [-0.3, -0.25) is 0 Å². The van der Waals surface area contributed by atoms with E-state index in [-0.39, 0.29) is 6.61 Å². The van der Waals surface area contributed by atoms with Crippen LogP contribution in [0, 0.1) is 11.3 Å². The molecule has 0 atom stereocenters. The van der Waals surface area contributed by atoms with Crippen LogP contribution >= 0.6 is 0 Å². The minimum atomic E-state index is 0.161. The maximum absolute atomic E-state index is 8.62. The van der Waals surface area contributed by atoms with Crippen LogP contribution in [0.15, 0.2) is 30.3 Å². The average molecular weight is 173 g/mol. The summed E-state index contributed by atoms with van der Waals surface area (Å²) in [5.74, 6) is 0. The van der Waals surface area contributed by atoms with Crippen molar-refractivity contribution in [2.45, 2.75) is 6.42 Å². The normalized spacial score (nSPS) is 10.2. The van der Waals surface area contributed by atoms with Crippen molar-refractivity contribution >= 4 is 6.08 Å². The lowest BCUT2D eigenvalue weighted by Crippen LogP contribution is -1.78. The Balaban J connectivity index is 2.73. The van der Waals surface area contributed by atoms with E-state index in [2.05, 4.69) is 6.07 Å². The molecule has 0 aliphatic rings. The van der Waals surface area contributed by atoms with E-state index in [1.807, 2.05) is 30.4 Å². The molecule has 66 valence electrons. The smallest absolute Gasteiger partial charge is 0.0991 e. The van der Waals surface area contributed by atoms with Gasteiger partial charge < -0.3 is 5.11 Å². The third-order valence-corrected chi connectivity index (χ3v) is 1.62. The lowest BCUT2D eigenvalue weighted by atomic mass is 10.1. The highest BCUT2D eigenvalue weighted by Gasteiger charge is 1.89. The van der Waals surface area contributed by atoms with Crippen LogP contribution in [0.25, 0.3) is 6.08 Å². The van der Waals surface area contributed by atoms with Gasteiger partial charge in [-0.1, -0.05) is 24.3 Å². The fourth-order valence-electron chi connectivity index (χ4n) is 1.01. The Hall–Kier alpha value is -1.59. The molecule has 0 spiro atoms. The molecule has 2 heteroatoms. The average Bonchev–Trinajstić information content (AvgIpc) is 2.19. The molecule has 0 aromatic heterocycles. The molecule has 0 unspecified atom stereocenters. The second-order valence-corrected chi connectivity index (χ2v) is 2.65. The SMILES string of the molecule is N#Cc1cccc(C=CCCO)c1. The van der Waals surface area contributed by atoms with Gasteiger partial charge in [-0.2, -0.15) is 5.26 Å². The van der Waals surface area contributed by atoms with Crippen LogP contribution in [0.4, 0.5) is 0 Å². The van der Waals surface area contributed by atoms with Crippen molar-refractivity contribution in [3.8, 4) is 6.07 Å². The fourth-order valence-corrected chi connectivity index (χ4v) is 1.01. The lowest BCUT2D eigenvalue weighted by molar-refractivity contribution is 0.303. The number of rotatable bonds is 3. The number of nitriles is 1. The molecule has 13 heavy (non-hydrogen) atoms. The van der Waals surface area contributed by atoms with Gasteiger partial charge in [0.15, 0.2) is 0 Å². The molecule has 0 aliphatic heterocycles. The topological polar surface area (TPSA) is 44.0 Å². The second-order valence-electron chi connectivity index (χ2n) is 2.65. The Bertz CT molecular complexity index is 336. The summed E-state index contributed by atoms with van der Waals surface area (Å²) in [6, 6.07) is 9.42. The van der Waals surface area contributed by atoms with Crippen molar-refractivity contribution in [2.24, 2.45) is 0 Å². The first-order chi connectivity index (χ1) is 6.36. The number of aliphatic hydroxyl groups excluding tert-OH is 1. The molecule has 0 saturated heterocycles. The summed E-state index contributed by atoms with van der Waals surface area (Å²) in [6.07, 6.45) is 4.43. The monoisotopic (exact) mass is 173 g/mol. The van der Waals surface area contributed by atoms with E-state index in [0.29, 0.717) is 12.0 Å². The van der Waals surface area contributed by atoms with E-state index < -0.39 is 0 Å². The predicted molar refractivity (Wildman–Crippen MR) is 51.9 cm³/mol. The number of benzene rings is 1. The van der Waals surface area contributed by atoms with Crippen LogP contribution in [-0.4, -0.2) is 11.7 Å². The molecule has 1 rings (SSSR count). The molecular weight excluding hydrogens is 162 g/mol. The molecule has 0 saturated carbocycles. The van der Waals surface area contributed by atoms with E-state index in [0.717, 1.165) is 5.56 Å². The van der Waals surface area contributed by atoms with Gasteiger partial charge in [0.1, 0.15) is 0 Å². The predicted octanol–water partition coefficient (Wildman–Crippen LogP) is 1.95. The molecule has 0 fully saturated rings. The van der Waals surface area contributed by atoms with Gasteiger partial charge >= 0.3 is 0 Å². The molecular formula is C11H11NO. The second kappa shape index (κ2) is 5.13. The van der Waals surface area contributed by atoms with Crippen LogP contribution < -0.4 is 0 Å². The molecule has 0 amide bonds. The summed E-state index contributed by atoms with van der Waals surface area (Å²) in [6.45, 7) is 0.161. The van der Waals surface area contributed by atoms with E-state index >= 15 is 0 Å². The Morgan fingerprint density at radius 2 is 2.31 bits per heavy atom. The van der Waals surface area contributed by atoms with Gasteiger partial charge in [0.05, 0.1) is 11.6 Å². The van der Waals surface area contributed by atoms with Crippen LogP contribution in [-0.2, 0) is 0 Å². The van der Waals surface area contributed by atoms with Crippen LogP contribution in [0.2, 0.25) is 0 Å². The fraction of sp³-hybridized carbons (Fsp3) is 0.182. The molecule has 0 radical (unpaired) electrons. The van der Waals surface area contributed by atoms with E-state index in [9.17, 15) is 0 Å².